The summed E-state index contributed by atoms with van der Waals surface area (Å²) in [6, 6.07) is 15.2. The minimum atomic E-state index is -4.24. The number of ketones is 1. The van der Waals surface area contributed by atoms with Crippen molar-refractivity contribution in [3.05, 3.63) is 59.0 Å². The van der Waals surface area contributed by atoms with Crippen molar-refractivity contribution < 1.29 is 17.5 Å². The molecule has 146 valence electrons. The fourth-order valence-corrected chi connectivity index (χ4v) is 4.52. The maximum atomic E-state index is 12.4. The second-order valence-electron chi connectivity index (χ2n) is 5.95. The van der Waals surface area contributed by atoms with Crippen molar-refractivity contribution in [3.63, 3.8) is 0 Å². The van der Waals surface area contributed by atoms with E-state index in [1.807, 2.05) is 42.5 Å². The Morgan fingerprint density at radius 3 is 2.57 bits per heavy atom. The van der Waals surface area contributed by atoms with Gasteiger partial charge in [0.05, 0.1) is 4.88 Å². The highest BCUT2D eigenvalue weighted by Gasteiger charge is 2.22. The second kappa shape index (κ2) is 7.97. The van der Waals surface area contributed by atoms with Crippen molar-refractivity contribution in [2.75, 3.05) is 5.75 Å². The molecule has 0 fully saturated rings. The third-order valence-corrected chi connectivity index (χ3v) is 5.93. The van der Waals surface area contributed by atoms with E-state index in [1.165, 1.54) is 11.3 Å². The molecule has 0 saturated carbocycles. The molecule has 0 unspecified atom stereocenters. The molecule has 0 atom stereocenters. The molecule has 3 aromatic rings. The number of oxime groups is 1. The highest BCUT2D eigenvalue weighted by atomic mass is 32.2. The smallest absolute Gasteiger partial charge is 0.336 e. The topological polar surface area (TPSA) is 151 Å². The predicted molar refractivity (Wildman–Crippen MR) is 110 cm³/mol. The molecule has 0 aliphatic rings. The highest BCUT2D eigenvalue weighted by molar-refractivity contribution is 7.87. The summed E-state index contributed by atoms with van der Waals surface area (Å²) in [5.74, 6) is -2.02. The maximum absolute atomic E-state index is 12.4. The molecule has 3 rings (SSSR count). The summed E-state index contributed by atoms with van der Waals surface area (Å²) in [7, 11) is -4.24. The van der Waals surface area contributed by atoms with Gasteiger partial charge in [0.25, 0.3) is 0 Å². The lowest BCUT2D eigenvalue weighted by Crippen LogP contribution is -2.24. The third-order valence-electron chi connectivity index (χ3n) is 3.87. The zero-order valence-electron chi connectivity index (χ0n) is 14.7. The van der Waals surface area contributed by atoms with Gasteiger partial charge in [0.2, 0.25) is 5.96 Å². The van der Waals surface area contributed by atoms with Crippen LogP contribution in [-0.4, -0.2) is 25.9 Å². The first kappa shape index (κ1) is 19.8. The minimum absolute atomic E-state index is 0.300. The number of thiophene rings is 1. The van der Waals surface area contributed by atoms with E-state index in [9.17, 15) is 13.2 Å². The van der Waals surface area contributed by atoms with Crippen molar-refractivity contribution in [2.24, 2.45) is 22.4 Å². The molecule has 28 heavy (non-hydrogen) atoms. The van der Waals surface area contributed by atoms with E-state index in [-0.39, 0.29) is 0 Å². The van der Waals surface area contributed by atoms with Crippen LogP contribution in [0.5, 0.6) is 0 Å². The minimum Gasteiger partial charge on any atom is -0.367 e. The Hall–Kier alpha value is -2.95. The summed E-state index contributed by atoms with van der Waals surface area (Å²) < 4.78 is 28.8. The number of fused-ring (bicyclic) bond motifs is 1. The van der Waals surface area contributed by atoms with Crippen molar-refractivity contribution in [3.8, 4) is 11.1 Å². The van der Waals surface area contributed by atoms with Gasteiger partial charge < -0.3 is 17.2 Å². The summed E-state index contributed by atoms with van der Waals surface area (Å²) in [5, 5.41) is 3.84. The molecule has 8 nitrogen and oxygen atoms in total. The van der Waals surface area contributed by atoms with E-state index < -0.39 is 27.6 Å². The standard InChI is InChI=1S/C18H18N4O4S2/c19-9-11-3-1-4-12(7-11)13-5-2-6-16-14(13)8-17(27-16)15(23)10-28(24,25)26-22-18(20)21/h1-8H,9-10,19H2,(H4,20,21,22). The first-order valence-electron chi connectivity index (χ1n) is 8.14. The lowest BCUT2D eigenvalue weighted by molar-refractivity contribution is 0.102. The summed E-state index contributed by atoms with van der Waals surface area (Å²) in [5.41, 5.74) is 18.7. The Kier molecular flexibility index (Phi) is 5.63. The molecule has 1 heterocycles. The monoisotopic (exact) mass is 418 g/mol. The molecule has 0 spiro atoms. The molecule has 0 saturated heterocycles. The normalized spacial score (nSPS) is 11.3. The van der Waals surface area contributed by atoms with Crippen LogP contribution in [-0.2, 0) is 20.9 Å². The van der Waals surface area contributed by atoms with E-state index in [0.717, 1.165) is 26.8 Å². The SMILES string of the molecule is NCc1cccc(-c2cccc3sc(C(=O)CS(=O)(=O)ON=C(N)N)cc23)c1. The van der Waals surface area contributed by atoms with Crippen LogP contribution < -0.4 is 17.2 Å². The predicted octanol–water partition coefficient (Wildman–Crippen LogP) is 1.74. The van der Waals surface area contributed by atoms with Gasteiger partial charge in [-0.15, -0.1) is 11.3 Å². The molecule has 0 aliphatic carbocycles. The Balaban J connectivity index is 1.94. The fraction of sp³-hybridized carbons (Fsp3) is 0.111. The van der Waals surface area contributed by atoms with Gasteiger partial charge in [0.15, 0.2) is 11.5 Å². The second-order valence-corrected chi connectivity index (χ2v) is 8.59. The number of rotatable bonds is 7. The fourth-order valence-electron chi connectivity index (χ4n) is 2.67. The average molecular weight is 419 g/mol. The van der Waals surface area contributed by atoms with Crippen LogP contribution in [0.15, 0.2) is 53.7 Å². The number of benzene rings is 2. The van der Waals surface area contributed by atoms with E-state index in [2.05, 4.69) is 9.44 Å². The number of carbonyl (C=O) groups excluding carboxylic acids is 1. The summed E-state index contributed by atoms with van der Waals surface area (Å²) in [4.78, 5) is 12.7. The van der Waals surface area contributed by atoms with Crippen LogP contribution >= 0.6 is 11.3 Å². The first-order valence-corrected chi connectivity index (χ1v) is 10.5. The van der Waals surface area contributed by atoms with Crippen molar-refractivity contribution >= 4 is 43.3 Å². The summed E-state index contributed by atoms with van der Waals surface area (Å²) in [6.07, 6.45) is 0. The molecule has 0 aliphatic heterocycles. The molecular weight excluding hydrogens is 400 g/mol. The average Bonchev–Trinajstić information content (AvgIpc) is 3.11. The van der Waals surface area contributed by atoms with E-state index >= 15 is 0 Å². The number of nitrogens with two attached hydrogens (primary N) is 3. The van der Waals surface area contributed by atoms with Gasteiger partial charge in [-0.3, -0.25) is 9.08 Å². The van der Waals surface area contributed by atoms with Crippen molar-refractivity contribution in [2.45, 2.75) is 6.54 Å². The Morgan fingerprint density at radius 1 is 1.11 bits per heavy atom. The highest BCUT2D eigenvalue weighted by Crippen LogP contribution is 2.34. The zero-order valence-corrected chi connectivity index (χ0v) is 16.3. The first-order chi connectivity index (χ1) is 13.3. The number of hydrogen-bond donors (Lipinski definition) is 3. The van der Waals surface area contributed by atoms with Gasteiger partial charge in [-0.1, -0.05) is 30.3 Å². The van der Waals surface area contributed by atoms with E-state index in [0.29, 0.717) is 11.4 Å². The quantitative estimate of drug-likeness (QED) is 0.229. The number of Topliss-reactive ketones (excluding diaryl/α,β-unsaturated/α-hetero) is 1. The Morgan fingerprint density at radius 2 is 1.86 bits per heavy atom. The van der Waals surface area contributed by atoms with Crippen LogP contribution in [0.1, 0.15) is 15.2 Å². The molecular formula is C18H18N4O4S2. The molecule has 0 radical (unpaired) electrons. The van der Waals surface area contributed by atoms with Gasteiger partial charge in [0, 0.05) is 16.6 Å². The van der Waals surface area contributed by atoms with Gasteiger partial charge >= 0.3 is 10.1 Å². The summed E-state index contributed by atoms with van der Waals surface area (Å²) >= 11 is 1.21. The van der Waals surface area contributed by atoms with Gasteiger partial charge in [0.1, 0.15) is 0 Å². The van der Waals surface area contributed by atoms with Gasteiger partial charge in [-0.05, 0) is 40.0 Å². The zero-order chi connectivity index (χ0) is 20.3. The Labute approximate surface area is 165 Å². The largest absolute Gasteiger partial charge is 0.367 e. The van der Waals surface area contributed by atoms with Crippen LogP contribution in [0.3, 0.4) is 0 Å². The molecule has 0 bridgehead atoms. The van der Waals surface area contributed by atoms with Crippen molar-refractivity contribution in [1.82, 2.24) is 0 Å². The van der Waals surface area contributed by atoms with Crippen LogP contribution in [0.2, 0.25) is 0 Å². The van der Waals surface area contributed by atoms with Gasteiger partial charge in [-0.25, -0.2) is 0 Å². The van der Waals surface area contributed by atoms with Crippen LogP contribution in [0.25, 0.3) is 21.2 Å². The molecule has 0 amide bonds. The number of nitrogens with zero attached hydrogens (tertiary/aromatic N) is 1. The van der Waals surface area contributed by atoms with Crippen LogP contribution in [0.4, 0.5) is 0 Å². The number of hydrogen-bond acceptors (Lipinski definition) is 7. The third kappa shape index (κ3) is 4.47. The lowest BCUT2D eigenvalue weighted by atomic mass is 10.00. The molecule has 6 N–H and O–H groups in total. The van der Waals surface area contributed by atoms with Gasteiger partial charge in [-0.2, -0.15) is 8.42 Å². The number of carbonyl (C=O) groups is 1. The molecule has 10 heteroatoms. The van der Waals surface area contributed by atoms with E-state index in [1.54, 1.807) is 6.07 Å². The summed E-state index contributed by atoms with van der Waals surface area (Å²) in [6.45, 7) is 0.421. The van der Waals surface area contributed by atoms with Crippen molar-refractivity contribution in [1.29, 1.82) is 0 Å². The Bertz CT molecular complexity index is 1170. The lowest BCUT2D eigenvalue weighted by Gasteiger charge is -2.05. The van der Waals surface area contributed by atoms with Crippen LogP contribution in [0, 0.1) is 0 Å². The molecule has 2 aromatic carbocycles. The van der Waals surface area contributed by atoms with E-state index in [4.69, 9.17) is 17.2 Å². The number of guanidine groups is 1. The molecule has 1 aromatic heterocycles. The maximum Gasteiger partial charge on any atom is 0.336 e.